The molecule has 6 nitrogen and oxygen atoms in total. The number of hydrogen-bond donors (Lipinski definition) is 3. The Balaban J connectivity index is 2.29. The van der Waals surface area contributed by atoms with E-state index in [0.29, 0.717) is 19.8 Å². The average molecular weight is 258 g/mol. The number of amides is 2. The molecule has 0 aromatic rings. The number of aliphatic carboxylic acids is 1. The van der Waals surface area contributed by atoms with Crippen LogP contribution in [-0.2, 0) is 9.53 Å². The zero-order valence-electron chi connectivity index (χ0n) is 11.0. The van der Waals surface area contributed by atoms with Crippen LogP contribution in [0.5, 0.6) is 0 Å². The fourth-order valence-corrected chi connectivity index (χ4v) is 1.93. The maximum atomic E-state index is 11.7. The van der Waals surface area contributed by atoms with E-state index < -0.39 is 5.97 Å². The van der Waals surface area contributed by atoms with Gasteiger partial charge >= 0.3 is 12.0 Å². The van der Waals surface area contributed by atoms with Crippen LogP contribution in [0.3, 0.4) is 0 Å². The molecule has 3 N–H and O–H groups in total. The van der Waals surface area contributed by atoms with Crippen molar-refractivity contribution in [3.05, 3.63) is 0 Å². The Labute approximate surface area is 107 Å². The highest BCUT2D eigenvalue weighted by molar-refractivity contribution is 5.75. The van der Waals surface area contributed by atoms with E-state index in [1.54, 1.807) is 0 Å². The van der Waals surface area contributed by atoms with Crippen molar-refractivity contribution in [3.63, 3.8) is 0 Å². The second-order valence-corrected chi connectivity index (χ2v) is 5.07. The first-order valence-corrected chi connectivity index (χ1v) is 6.31. The summed E-state index contributed by atoms with van der Waals surface area (Å²) in [6.45, 7) is 5.42. The number of hydrogen-bond acceptors (Lipinski definition) is 3. The average Bonchev–Trinajstić information content (AvgIpc) is 2.70. The van der Waals surface area contributed by atoms with E-state index in [0.717, 1.165) is 12.8 Å². The highest BCUT2D eigenvalue weighted by Gasteiger charge is 2.31. The number of carbonyl (C=O) groups is 2. The van der Waals surface area contributed by atoms with Crippen LogP contribution in [0.4, 0.5) is 4.79 Å². The zero-order valence-corrected chi connectivity index (χ0v) is 11.0. The molecule has 1 rings (SSSR count). The number of rotatable bonds is 6. The van der Waals surface area contributed by atoms with Crippen molar-refractivity contribution in [2.45, 2.75) is 38.6 Å². The zero-order chi connectivity index (χ0) is 13.6. The van der Waals surface area contributed by atoms with E-state index in [1.165, 1.54) is 0 Å². The molecule has 1 aliphatic rings. The lowest BCUT2D eigenvalue weighted by molar-refractivity contribution is -0.138. The monoisotopic (exact) mass is 258 g/mol. The summed E-state index contributed by atoms with van der Waals surface area (Å²) in [5.74, 6) is -0.860. The smallest absolute Gasteiger partial charge is 0.315 e. The maximum absolute atomic E-state index is 11.7. The summed E-state index contributed by atoms with van der Waals surface area (Å²) >= 11 is 0. The summed E-state index contributed by atoms with van der Waals surface area (Å²) in [5, 5.41) is 14.3. The first-order valence-electron chi connectivity index (χ1n) is 6.31. The van der Waals surface area contributed by atoms with Crippen LogP contribution in [0.1, 0.15) is 33.1 Å². The Kier molecular flexibility index (Phi) is 5.40. The Bertz CT molecular complexity index is 300. The first-order chi connectivity index (χ1) is 8.45. The summed E-state index contributed by atoms with van der Waals surface area (Å²) in [7, 11) is 0. The van der Waals surface area contributed by atoms with Gasteiger partial charge < -0.3 is 20.5 Å². The van der Waals surface area contributed by atoms with Gasteiger partial charge in [-0.2, -0.15) is 0 Å². The molecule has 2 unspecified atom stereocenters. The van der Waals surface area contributed by atoms with Crippen molar-refractivity contribution >= 4 is 12.0 Å². The minimum Gasteiger partial charge on any atom is -0.481 e. The number of carboxylic acid groups (broad SMARTS) is 1. The molecule has 6 heteroatoms. The van der Waals surface area contributed by atoms with Gasteiger partial charge in [-0.25, -0.2) is 4.79 Å². The van der Waals surface area contributed by atoms with Crippen LogP contribution < -0.4 is 10.6 Å². The van der Waals surface area contributed by atoms with Crippen molar-refractivity contribution in [3.8, 4) is 0 Å². The standard InChI is InChI=1S/C12H22N2O4/c1-3-9(6-10(15)16)7-13-11(17)14-12(2)4-5-18-8-12/h9H,3-8H2,1-2H3,(H,15,16)(H2,13,14,17). The summed E-state index contributed by atoms with van der Waals surface area (Å²) in [6, 6.07) is -0.258. The Morgan fingerprint density at radius 2 is 2.22 bits per heavy atom. The van der Waals surface area contributed by atoms with E-state index in [-0.39, 0.29) is 23.9 Å². The summed E-state index contributed by atoms with van der Waals surface area (Å²) in [4.78, 5) is 22.3. The lowest BCUT2D eigenvalue weighted by Gasteiger charge is -2.24. The quantitative estimate of drug-likeness (QED) is 0.662. The molecular weight excluding hydrogens is 236 g/mol. The molecule has 0 spiro atoms. The third kappa shape index (κ3) is 4.91. The van der Waals surface area contributed by atoms with E-state index in [9.17, 15) is 9.59 Å². The van der Waals surface area contributed by atoms with Gasteiger partial charge in [0.05, 0.1) is 12.1 Å². The van der Waals surface area contributed by atoms with Gasteiger partial charge in [-0.1, -0.05) is 13.3 Å². The number of nitrogens with one attached hydrogen (secondary N) is 2. The molecule has 1 aliphatic heterocycles. The summed E-state index contributed by atoms with van der Waals surface area (Å²) in [6.07, 6.45) is 1.61. The minimum atomic E-state index is -0.833. The Morgan fingerprint density at radius 1 is 1.50 bits per heavy atom. The van der Waals surface area contributed by atoms with Gasteiger partial charge in [0.2, 0.25) is 0 Å². The van der Waals surface area contributed by atoms with Crippen molar-refractivity contribution < 1.29 is 19.4 Å². The third-order valence-corrected chi connectivity index (χ3v) is 3.23. The van der Waals surface area contributed by atoms with Crippen LogP contribution >= 0.6 is 0 Å². The van der Waals surface area contributed by atoms with Gasteiger partial charge in [0, 0.05) is 19.6 Å². The number of ether oxygens (including phenoxy) is 1. The van der Waals surface area contributed by atoms with E-state index in [2.05, 4.69) is 10.6 Å². The molecule has 2 atom stereocenters. The van der Waals surface area contributed by atoms with Crippen molar-refractivity contribution in [2.24, 2.45) is 5.92 Å². The molecule has 104 valence electrons. The molecule has 2 amide bonds. The van der Waals surface area contributed by atoms with Gasteiger partial charge in [-0.3, -0.25) is 4.79 Å². The van der Waals surface area contributed by atoms with Gasteiger partial charge in [0.25, 0.3) is 0 Å². The van der Waals surface area contributed by atoms with Gasteiger partial charge in [0.1, 0.15) is 0 Å². The van der Waals surface area contributed by atoms with Gasteiger partial charge in [-0.15, -0.1) is 0 Å². The van der Waals surface area contributed by atoms with Crippen LogP contribution in [0.2, 0.25) is 0 Å². The van der Waals surface area contributed by atoms with Crippen LogP contribution in [0.25, 0.3) is 0 Å². The van der Waals surface area contributed by atoms with E-state index >= 15 is 0 Å². The van der Waals surface area contributed by atoms with Crippen LogP contribution in [-0.4, -0.2) is 42.4 Å². The molecule has 0 radical (unpaired) electrons. The molecule has 0 aromatic heterocycles. The van der Waals surface area contributed by atoms with Crippen molar-refractivity contribution in [2.75, 3.05) is 19.8 Å². The fraction of sp³-hybridized carbons (Fsp3) is 0.833. The minimum absolute atomic E-state index is 0.0270. The predicted octanol–water partition coefficient (Wildman–Crippen LogP) is 0.965. The fourth-order valence-electron chi connectivity index (χ4n) is 1.93. The van der Waals surface area contributed by atoms with Crippen molar-refractivity contribution in [1.29, 1.82) is 0 Å². The maximum Gasteiger partial charge on any atom is 0.315 e. The highest BCUT2D eigenvalue weighted by Crippen LogP contribution is 2.17. The molecule has 0 saturated carbocycles. The number of carboxylic acids is 1. The summed E-state index contributed by atoms with van der Waals surface area (Å²) < 4.78 is 5.24. The van der Waals surface area contributed by atoms with E-state index in [1.807, 2.05) is 13.8 Å². The lowest BCUT2D eigenvalue weighted by atomic mass is 10.0. The lowest BCUT2D eigenvalue weighted by Crippen LogP contribution is -2.51. The van der Waals surface area contributed by atoms with Crippen LogP contribution in [0, 0.1) is 5.92 Å². The van der Waals surface area contributed by atoms with Crippen molar-refractivity contribution in [1.82, 2.24) is 10.6 Å². The third-order valence-electron chi connectivity index (χ3n) is 3.23. The van der Waals surface area contributed by atoms with E-state index in [4.69, 9.17) is 9.84 Å². The highest BCUT2D eigenvalue weighted by atomic mass is 16.5. The Hall–Kier alpha value is -1.30. The molecular formula is C12H22N2O4. The molecule has 18 heavy (non-hydrogen) atoms. The molecule has 1 saturated heterocycles. The molecule has 0 bridgehead atoms. The predicted molar refractivity (Wildman–Crippen MR) is 66.4 cm³/mol. The second kappa shape index (κ2) is 6.58. The normalized spacial score (nSPS) is 24.6. The first kappa shape index (κ1) is 14.8. The largest absolute Gasteiger partial charge is 0.481 e. The topological polar surface area (TPSA) is 87.7 Å². The molecule has 0 aliphatic carbocycles. The molecule has 1 fully saturated rings. The molecule has 1 heterocycles. The number of urea groups is 1. The number of carbonyl (C=O) groups excluding carboxylic acids is 1. The van der Waals surface area contributed by atoms with Gasteiger partial charge in [-0.05, 0) is 19.3 Å². The van der Waals surface area contributed by atoms with Gasteiger partial charge in [0.15, 0.2) is 0 Å². The molecule has 0 aromatic carbocycles. The second-order valence-electron chi connectivity index (χ2n) is 5.07. The summed E-state index contributed by atoms with van der Waals surface area (Å²) in [5.41, 5.74) is -0.307. The van der Waals surface area contributed by atoms with Crippen LogP contribution in [0.15, 0.2) is 0 Å². The Morgan fingerprint density at radius 3 is 2.72 bits per heavy atom. The SMILES string of the molecule is CCC(CNC(=O)NC1(C)CCOC1)CC(=O)O.